The number of H-pyrrole nitrogens is 1. The summed E-state index contributed by atoms with van der Waals surface area (Å²) in [6, 6.07) is 18.4. The number of hydrogen-bond donors (Lipinski definition) is 1. The standard InChI is InChI=1S/C24H26N2O2/c1-4-28-23(27)20-19(14-16-10-6-5-7-11-16)25-15-24(2,3)21-17-12-8-9-13-18(17)26-22(20)21/h5-13,20,26H,4,14-15H2,1-3H3. The number of nitrogens with one attached hydrogen (secondary N) is 1. The first kappa shape index (κ1) is 18.5. The van der Waals surface area contributed by atoms with Gasteiger partial charge in [0.25, 0.3) is 0 Å². The normalized spacial score (nSPS) is 18.2. The molecule has 144 valence electrons. The predicted octanol–water partition coefficient (Wildman–Crippen LogP) is 4.79. The van der Waals surface area contributed by atoms with Crippen LogP contribution in [0.3, 0.4) is 0 Å². The van der Waals surface area contributed by atoms with Crippen molar-refractivity contribution in [1.82, 2.24) is 4.98 Å². The van der Waals surface area contributed by atoms with Gasteiger partial charge in [-0.1, -0.05) is 62.4 Å². The molecule has 2 heterocycles. The summed E-state index contributed by atoms with van der Waals surface area (Å²) in [6.45, 7) is 7.23. The third kappa shape index (κ3) is 3.24. The van der Waals surface area contributed by atoms with Gasteiger partial charge in [0.1, 0.15) is 5.92 Å². The second-order valence-corrected chi connectivity index (χ2v) is 8.00. The lowest BCUT2D eigenvalue weighted by Crippen LogP contribution is -2.27. The molecule has 0 aliphatic carbocycles. The maximum Gasteiger partial charge on any atom is 0.320 e. The summed E-state index contributed by atoms with van der Waals surface area (Å²) in [5.41, 5.74) is 4.98. The Balaban J connectivity index is 1.90. The molecule has 0 radical (unpaired) electrons. The average molecular weight is 374 g/mol. The number of ether oxygens (including phenoxy) is 1. The number of benzene rings is 2. The molecular formula is C24H26N2O2. The monoisotopic (exact) mass is 374 g/mol. The van der Waals surface area contributed by atoms with Crippen LogP contribution < -0.4 is 0 Å². The van der Waals surface area contributed by atoms with E-state index in [0.29, 0.717) is 19.6 Å². The highest BCUT2D eigenvalue weighted by molar-refractivity contribution is 6.09. The summed E-state index contributed by atoms with van der Waals surface area (Å²) < 4.78 is 5.49. The highest BCUT2D eigenvalue weighted by Gasteiger charge is 2.39. The van der Waals surface area contributed by atoms with Crippen LogP contribution in [0.15, 0.2) is 59.6 Å². The summed E-state index contributed by atoms with van der Waals surface area (Å²) in [5, 5.41) is 1.16. The Bertz CT molecular complexity index is 1030. The lowest BCUT2D eigenvalue weighted by atomic mass is 9.80. The number of para-hydroxylation sites is 1. The first-order valence-corrected chi connectivity index (χ1v) is 9.86. The summed E-state index contributed by atoms with van der Waals surface area (Å²) in [6.07, 6.45) is 0.634. The van der Waals surface area contributed by atoms with Crippen molar-refractivity contribution in [3.05, 3.63) is 71.4 Å². The van der Waals surface area contributed by atoms with E-state index in [4.69, 9.17) is 9.73 Å². The molecule has 0 saturated heterocycles. The number of carbonyl (C=O) groups is 1. The molecule has 2 aromatic carbocycles. The van der Waals surface area contributed by atoms with E-state index in [1.165, 1.54) is 5.56 Å². The Kier molecular flexibility index (Phi) is 4.80. The van der Waals surface area contributed by atoms with Crippen molar-refractivity contribution in [1.29, 1.82) is 0 Å². The minimum Gasteiger partial charge on any atom is -0.465 e. The third-order valence-electron chi connectivity index (χ3n) is 5.46. The van der Waals surface area contributed by atoms with Gasteiger partial charge in [0.2, 0.25) is 0 Å². The van der Waals surface area contributed by atoms with Crippen molar-refractivity contribution < 1.29 is 9.53 Å². The summed E-state index contributed by atoms with van der Waals surface area (Å²) in [4.78, 5) is 21.6. The minimum atomic E-state index is -0.510. The van der Waals surface area contributed by atoms with Gasteiger partial charge in [-0.05, 0) is 24.1 Å². The first-order chi connectivity index (χ1) is 13.5. The average Bonchev–Trinajstić information content (AvgIpc) is 3.02. The number of hydrogen-bond acceptors (Lipinski definition) is 3. The maximum atomic E-state index is 13.1. The number of carbonyl (C=O) groups excluding carboxylic acids is 1. The van der Waals surface area contributed by atoms with Crippen LogP contribution in [0.2, 0.25) is 0 Å². The zero-order chi connectivity index (χ0) is 19.7. The molecule has 0 saturated carbocycles. The summed E-state index contributed by atoms with van der Waals surface area (Å²) in [7, 11) is 0. The van der Waals surface area contributed by atoms with Gasteiger partial charge in [-0.3, -0.25) is 9.79 Å². The van der Waals surface area contributed by atoms with Crippen molar-refractivity contribution >= 4 is 22.6 Å². The van der Waals surface area contributed by atoms with Gasteiger partial charge in [-0.25, -0.2) is 0 Å². The Morgan fingerprint density at radius 3 is 2.61 bits per heavy atom. The van der Waals surface area contributed by atoms with Crippen LogP contribution in [0, 0.1) is 0 Å². The Morgan fingerprint density at radius 1 is 1.14 bits per heavy atom. The van der Waals surface area contributed by atoms with Crippen LogP contribution in [-0.2, 0) is 21.4 Å². The largest absolute Gasteiger partial charge is 0.465 e. The molecule has 1 aliphatic rings. The summed E-state index contributed by atoms with van der Waals surface area (Å²) >= 11 is 0. The van der Waals surface area contributed by atoms with Crippen LogP contribution >= 0.6 is 0 Å². The van der Waals surface area contributed by atoms with Crippen molar-refractivity contribution in [2.24, 2.45) is 4.99 Å². The molecule has 28 heavy (non-hydrogen) atoms. The van der Waals surface area contributed by atoms with Crippen LogP contribution in [-0.4, -0.2) is 29.8 Å². The maximum absolute atomic E-state index is 13.1. The quantitative estimate of drug-likeness (QED) is 0.668. The number of aromatic nitrogens is 1. The van der Waals surface area contributed by atoms with E-state index in [0.717, 1.165) is 27.9 Å². The predicted molar refractivity (Wildman–Crippen MR) is 113 cm³/mol. The molecule has 0 fully saturated rings. The van der Waals surface area contributed by atoms with E-state index in [-0.39, 0.29) is 11.4 Å². The molecule has 0 spiro atoms. The molecule has 1 N–H and O–H groups in total. The molecule has 4 heteroatoms. The zero-order valence-corrected chi connectivity index (χ0v) is 16.7. The molecule has 1 aromatic heterocycles. The smallest absolute Gasteiger partial charge is 0.320 e. The number of aromatic amines is 1. The number of rotatable bonds is 4. The summed E-state index contributed by atoms with van der Waals surface area (Å²) in [5.74, 6) is -0.744. The second-order valence-electron chi connectivity index (χ2n) is 8.00. The van der Waals surface area contributed by atoms with E-state index in [2.05, 4.69) is 43.1 Å². The van der Waals surface area contributed by atoms with Gasteiger partial charge in [-0.15, -0.1) is 0 Å². The van der Waals surface area contributed by atoms with Crippen molar-refractivity contribution in [3.8, 4) is 0 Å². The number of esters is 1. The molecule has 0 bridgehead atoms. The molecule has 0 amide bonds. The van der Waals surface area contributed by atoms with E-state index < -0.39 is 5.92 Å². The van der Waals surface area contributed by atoms with Gasteiger partial charge >= 0.3 is 5.97 Å². The number of fused-ring (bicyclic) bond motifs is 3. The molecule has 3 aromatic rings. The number of nitrogens with zero attached hydrogens (tertiary/aromatic N) is 1. The third-order valence-corrected chi connectivity index (χ3v) is 5.46. The Morgan fingerprint density at radius 2 is 1.86 bits per heavy atom. The van der Waals surface area contributed by atoms with Crippen LogP contribution in [0.5, 0.6) is 0 Å². The fourth-order valence-electron chi connectivity index (χ4n) is 4.19. The second kappa shape index (κ2) is 7.27. The molecule has 1 aliphatic heterocycles. The van der Waals surface area contributed by atoms with Gasteiger partial charge in [0, 0.05) is 40.7 Å². The lowest BCUT2D eigenvalue weighted by Gasteiger charge is -2.23. The Labute approximate surface area is 165 Å². The van der Waals surface area contributed by atoms with Crippen molar-refractivity contribution in [3.63, 3.8) is 0 Å². The topological polar surface area (TPSA) is 54.4 Å². The lowest BCUT2D eigenvalue weighted by molar-refractivity contribution is -0.143. The van der Waals surface area contributed by atoms with E-state index in [1.54, 1.807) is 0 Å². The SMILES string of the molecule is CCOC(=O)C1C(Cc2ccccc2)=NCC(C)(C)c2c1[nH]c1ccccc21. The van der Waals surface area contributed by atoms with Crippen LogP contribution in [0.25, 0.3) is 10.9 Å². The molecule has 1 atom stereocenters. The highest BCUT2D eigenvalue weighted by Crippen LogP contribution is 2.40. The van der Waals surface area contributed by atoms with Crippen LogP contribution in [0.1, 0.15) is 43.5 Å². The first-order valence-electron chi connectivity index (χ1n) is 9.86. The zero-order valence-electron chi connectivity index (χ0n) is 16.7. The Hall–Kier alpha value is -2.88. The van der Waals surface area contributed by atoms with Gasteiger partial charge in [-0.2, -0.15) is 0 Å². The number of aliphatic imine (C=N–C) groups is 1. The van der Waals surface area contributed by atoms with Crippen molar-refractivity contribution in [2.75, 3.05) is 13.2 Å². The fraction of sp³-hybridized carbons (Fsp3) is 0.333. The molecule has 4 rings (SSSR count). The van der Waals surface area contributed by atoms with Crippen LogP contribution in [0.4, 0.5) is 0 Å². The van der Waals surface area contributed by atoms with E-state index in [9.17, 15) is 4.79 Å². The highest BCUT2D eigenvalue weighted by atomic mass is 16.5. The van der Waals surface area contributed by atoms with Crippen molar-refractivity contribution in [2.45, 2.75) is 38.5 Å². The molecule has 4 nitrogen and oxygen atoms in total. The molecular weight excluding hydrogens is 348 g/mol. The molecule has 1 unspecified atom stereocenters. The fourth-order valence-corrected chi connectivity index (χ4v) is 4.19. The van der Waals surface area contributed by atoms with Gasteiger partial charge in [0.15, 0.2) is 0 Å². The van der Waals surface area contributed by atoms with E-state index >= 15 is 0 Å². The van der Waals surface area contributed by atoms with E-state index in [1.807, 2.05) is 37.3 Å². The minimum absolute atomic E-state index is 0.182. The van der Waals surface area contributed by atoms with Gasteiger partial charge < -0.3 is 9.72 Å². The van der Waals surface area contributed by atoms with Gasteiger partial charge in [0.05, 0.1) is 6.61 Å².